The number of urea groups is 1. The van der Waals surface area contributed by atoms with Crippen LogP contribution in [0.1, 0.15) is 58.3 Å². The van der Waals surface area contributed by atoms with Crippen LogP contribution in [0.5, 0.6) is 0 Å². The molecule has 5 rings (SSSR count). The van der Waals surface area contributed by atoms with Crippen molar-refractivity contribution in [2.24, 2.45) is 0 Å². The van der Waals surface area contributed by atoms with Gasteiger partial charge in [0.1, 0.15) is 22.7 Å². The number of thiophene rings is 1. The summed E-state index contributed by atoms with van der Waals surface area (Å²) in [5.41, 5.74) is 2.62. The second-order valence-electron chi connectivity index (χ2n) is 12.3. The Hall–Kier alpha value is -4.51. The Balaban J connectivity index is 0.00000276. The molecular formula is C32H41N7O3S. The number of piperazine rings is 1. The number of imidazole rings is 1. The number of nitrogens with zero attached hydrogens (tertiary/aromatic N) is 5. The van der Waals surface area contributed by atoms with E-state index in [0.717, 1.165) is 27.4 Å². The molecule has 43 heavy (non-hydrogen) atoms. The zero-order valence-corrected chi connectivity index (χ0v) is 26.4. The molecule has 0 saturated carbocycles. The van der Waals surface area contributed by atoms with Crippen molar-refractivity contribution in [1.29, 1.82) is 0 Å². The van der Waals surface area contributed by atoms with Crippen molar-refractivity contribution < 1.29 is 17.2 Å². The molecule has 2 N–H and O–H groups in total. The Morgan fingerprint density at radius 1 is 1.07 bits per heavy atom. The van der Waals surface area contributed by atoms with Gasteiger partial charge in [-0.05, 0) is 67.6 Å². The number of anilines is 2. The third-order valence-electron chi connectivity index (χ3n) is 7.70. The van der Waals surface area contributed by atoms with Crippen LogP contribution in [0.15, 0.2) is 61.3 Å². The van der Waals surface area contributed by atoms with Gasteiger partial charge < -0.3 is 15.1 Å². The summed E-state index contributed by atoms with van der Waals surface area (Å²) in [6.45, 7) is 12.6. The molecule has 0 unspecified atom stereocenters. The first-order valence-electron chi connectivity index (χ1n) is 14.1. The van der Waals surface area contributed by atoms with E-state index in [2.05, 4.69) is 41.4 Å². The van der Waals surface area contributed by atoms with Gasteiger partial charge in [0.25, 0.3) is 5.91 Å². The topological polar surface area (TPSA) is 112 Å². The molecular weight excluding hydrogens is 562 g/mol. The Labute approximate surface area is 258 Å². The normalized spacial score (nSPS) is 15.0. The van der Waals surface area contributed by atoms with E-state index in [9.17, 15) is 14.4 Å². The van der Waals surface area contributed by atoms with Crippen molar-refractivity contribution >= 4 is 39.9 Å². The largest absolute Gasteiger partial charge is 0.342 e. The summed E-state index contributed by atoms with van der Waals surface area (Å²) in [5.74, 6) is 0.359. The average molecular weight is 604 g/mol. The van der Waals surface area contributed by atoms with Crippen LogP contribution >= 0.6 is 11.3 Å². The van der Waals surface area contributed by atoms with Gasteiger partial charge in [-0.15, -0.1) is 11.3 Å². The fourth-order valence-corrected chi connectivity index (χ4v) is 6.20. The lowest BCUT2D eigenvalue weighted by Gasteiger charge is -2.44. The van der Waals surface area contributed by atoms with Gasteiger partial charge in [-0.3, -0.25) is 19.5 Å². The van der Waals surface area contributed by atoms with Crippen molar-refractivity contribution in [1.82, 2.24) is 24.3 Å². The van der Waals surface area contributed by atoms with E-state index in [0.29, 0.717) is 29.3 Å². The maximum atomic E-state index is 13.9. The van der Waals surface area contributed by atoms with Gasteiger partial charge in [-0.25, -0.2) is 14.8 Å². The van der Waals surface area contributed by atoms with Crippen LogP contribution in [-0.2, 0) is 10.2 Å². The van der Waals surface area contributed by atoms with Crippen LogP contribution in [-0.4, -0.2) is 67.9 Å². The average Bonchev–Trinajstić information content (AvgIpc) is 3.64. The summed E-state index contributed by atoms with van der Waals surface area (Å²) in [5, 5.41) is 6.29. The van der Waals surface area contributed by atoms with Gasteiger partial charge in [0.15, 0.2) is 0 Å². The number of aromatic nitrogens is 3. The molecule has 0 atom stereocenters. The quantitative estimate of drug-likeness (QED) is 0.273. The minimum Gasteiger partial charge on any atom is -0.342 e. The minimum atomic E-state index is -1.00. The lowest BCUT2D eigenvalue weighted by Crippen LogP contribution is -2.63. The number of hydrogen-bond donors (Lipinski definition) is 2. The number of benzene rings is 1. The fourth-order valence-electron chi connectivity index (χ4n) is 5.10. The number of hydrogen-bond acceptors (Lipinski definition) is 6. The maximum absolute atomic E-state index is 13.9. The molecule has 1 aliphatic rings. The molecule has 10 nitrogen and oxygen atoms in total. The lowest BCUT2D eigenvalue weighted by molar-refractivity contribution is -0.144. The van der Waals surface area contributed by atoms with E-state index >= 15 is 0 Å². The van der Waals surface area contributed by atoms with Gasteiger partial charge in [0.05, 0.1) is 5.56 Å². The van der Waals surface area contributed by atoms with Crippen molar-refractivity contribution in [3.63, 3.8) is 0 Å². The maximum Gasteiger partial charge on any atom is 0.324 e. The molecule has 0 aliphatic carbocycles. The van der Waals surface area contributed by atoms with Crippen LogP contribution in [0.25, 0.3) is 16.9 Å². The zero-order valence-electron chi connectivity index (χ0n) is 25.6. The molecule has 0 radical (unpaired) electrons. The SMILES string of the molecule is Cc1ccc(NC(=O)Nc2sc(C(C)(C)C)cc2C(=O)N2CCN(C)C(=O)C2(C)C)cc1-c1ccc(-n2ccnc2)nc1.[HH].[HH]. The third kappa shape index (κ3) is 6.03. The molecule has 1 aromatic carbocycles. The molecule has 1 fully saturated rings. The van der Waals surface area contributed by atoms with E-state index in [4.69, 9.17) is 0 Å². The van der Waals surface area contributed by atoms with Crippen molar-refractivity contribution in [2.75, 3.05) is 30.8 Å². The van der Waals surface area contributed by atoms with Crippen LogP contribution in [0, 0.1) is 6.92 Å². The summed E-state index contributed by atoms with van der Waals surface area (Å²) in [4.78, 5) is 52.9. The van der Waals surface area contributed by atoms with E-state index in [1.54, 1.807) is 49.4 Å². The summed E-state index contributed by atoms with van der Waals surface area (Å²) >= 11 is 1.37. The first-order chi connectivity index (χ1) is 20.3. The van der Waals surface area contributed by atoms with Gasteiger partial charge >= 0.3 is 6.03 Å². The van der Waals surface area contributed by atoms with Gasteiger partial charge in [0, 0.05) is 57.7 Å². The minimum absolute atomic E-state index is 0. The highest BCUT2D eigenvalue weighted by atomic mass is 32.1. The first-order valence-corrected chi connectivity index (χ1v) is 14.9. The van der Waals surface area contributed by atoms with Crippen LogP contribution < -0.4 is 10.6 Å². The number of pyridine rings is 1. The smallest absolute Gasteiger partial charge is 0.324 e. The van der Waals surface area contributed by atoms with E-state index in [-0.39, 0.29) is 20.1 Å². The molecule has 0 bridgehead atoms. The Morgan fingerprint density at radius 3 is 2.49 bits per heavy atom. The van der Waals surface area contributed by atoms with Crippen LogP contribution in [0.3, 0.4) is 0 Å². The van der Waals surface area contributed by atoms with Crippen molar-refractivity contribution in [3.8, 4) is 16.9 Å². The summed E-state index contributed by atoms with van der Waals surface area (Å²) < 4.78 is 1.83. The van der Waals surface area contributed by atoms with Gasteiger partial charge in [-0.2, -0.15) is 0 Å². The number of likely N-dealkylation sites (N-methyl/N-ethyl adjacent to an activating group) is 1. The number of carbonyl (C=O) groups is 3. The summed E-state index contributed by atoms with van der Waals surface area (Å²) in [7, 11) is 1.75. The lowest BCUT2D eigenvalue weighted by atomic mass is 9.93. The van der Waals surface area contributed by atoms with Crippen LogP contribution in [0.2, 0.25) is 0 Å². The Kier molecular flexibility index (Phi) is 7.87. The molecule has 11 heteroatoms. The Bertz CT molecular complexity index is 1680. The molecule has 1 aliphatic heterocycles. The predicted octanol–water partition coefficient (Wildman–Crippen LogP) is 6.43. The highest BCUT2D eigenvalue weighted by Gasteiger charge is 2.44. The number of aryl methyl sites for hydroxylation is 1. The number of nitrogens with one attached hydrogen (secondary N) is 2. The number of carbonyl (C=O) groups excluding carboxylic acids is 3. The number of amides is 4. The number of rotatable bonds is 5. The summed E-state index contributed by atoms with van der Waals surface area (Å²) in [6, 6.07) is 11.0. The molecule has 3 aromatic heterocycles. The molecule has 1 saturated heterocycles. The second kappa shape index (κ2) is 11.3. The van der Waals surface area contributed by atoms with E-state index in [1.165, 1.54) is 11.3 Å². The Morgan fingerprint density at radius 2 is 1.84 bits per heavy atom. The van der Waals surface area contributed by atoms with Gasteiger partial charge in [0.2, 0.25) is 5.91 Å². The van der Waals surface area contributed by atoms with Crippen molar-refractivity contribution in [2.45, 2.75) is 52.5 Å². The standard InChI is InChI=1S/C32H37N7O3S.2H2/c1-20-8-10-22(16-23(20)21-9-11-26(34-18-21)38-13-12-33-19-38)35-30(42)36-27-24(17-25(43-27)31(2,3)4)28(40)39-15-14-37(7)29(41)32(39,5)6;;/h8-13,16-19H,14-15H2,1-7H3,(H2,35,36,42);2*1H. The molecule has 228 valence electrons. The molecule has 4 amide bonds. The van der Waals surface area contributed by atoms with E-state index in [1.807, 2.05) is 54.1 Å². The third-order valence-corrected chi connectivity index (χ3v) is 9.18. The highest BCUT2D eigenvalue weighted by Crippen LogP contribution is 2.38. The fraction of sp³-hybridized carbons (Fsp3) is 0.344. The zero-order chi connectivity index (χ0) is 31.1. The molecule has 0 spiro atoms. The van der Waals surface area contributed by atoms with Crippen LogP contribution in [0.4, 0.5) is 15.5 Å². The monoisotopic (exact) mass is 603 g/mol. The first kappa shape index (κ1) is 30.0. The van der Waals surface area contributed by atoms with Crippen molar-refractivity contribution in [3.05, 3.63) is 77.3 Å². The van der Waals surface area contributed by atoms with Gasteiger partial charge in [-0.1, -0.05) is 26.8 Å². The highest BCUT2D eigenvalue weighted by molar-refractivity contribution is 7.16. The second-order valence-corrected chi connectivity index (χ2v) is 13.4. The predicted molar refractivity (Wildman–Crippen MR) is 174 cm³/mol. The molecule has 4 heterocycles. The molecule has 4 aromatic rings. The summed E-state index contributed by atoms with van der Waals surface area (Å²) in [6.07, 6.45) is 7.02. The van der Waals surface area contributed by atoms with E-state index < -0.39 is 11.6 Å².